The van der Waals surface area contributed by atoms with Crippen molar-refractivity contribution in [2.45, 2.75) is 6.42 Å². The van der Waals surface area contributed by atoms with Crippen molar-refractivity contribution in [2.75, 3.05) is 13.2 Å². The number of nitrogens with zero attached hydrogens (tertiary/aromatic N) is 1. The normalized spacial score (nSPS) is 10.6. The molecule has 0 aliphatic heterocycles. The van der Waals surface area contributed by atoms with Gasteiger partial charge in [0.25, 0.3) is 0 Å². The summed E-state index contributed by atoms with van der Waals surface area (Å²) in [5.74, 6) is -0.0187. The molecule has 0 saturated carbocycles. The van der Waals surface area contributed by atoms with E-state index in [1.54, 1.807) is 12.3 Å². The predicted octanol–water partition coefficient (Wildman–Crippen LogP) is 4.11. The molecule has 2 aromatic rings. The summed E-state index contributed by atoms with van der Waals surface area (Å²) in [6, 6.07) is 7.56. The molecule has 0 spiro atoms. The second kappa shape index (κ2) is 7.28. The number of aromatic nitrogens is 1. The smallest absolute Gasteiger partial charge is 0.190 e. The maximum atomic E-state index is 11.9. The van der Waals surface area contributed by atoms with Crippen molar-refractivity contribution < 1.29 is 9.53 Å². The van der Waals surface area contributed by atoms with Crippen molar-refractivity contribution in [3.05, 3.63) is 49.3 Å². The zero-order valence-corrected chi connectivity index (χ0v) is 13.9. The molecule has 0 bridgehead atoms. The number of ether oxygens (including phenoxy) is 1. The summed E-state index contributed by atoms with van der Waals surface area (Å²) in [7, 11) is 0. The van der Waals surface area contributed by atoms with Crippen molar-refractivity contribution in [3.63, 3.8) is 0 Å². The van der Waals surface area contributed by atoms with Crippen molar-refractivity contribution in [1.29, 1.82) is 0 Å². The van der Waals surface area contributed by atoms with E-state index in [1.807, 2.05) is 18.2 Å². The van der Waals surface area contributed by atoms with E-state index in [-0.39, 0.29) is 12.4 Å². The molecule has 100 valence electrons. The number of hydrogen-bond acceptors (Lipinski definition) is 4. The van der Waals surface area contributed by atoms with Crippen LogP contribution in [0.3, 0.4) is 0 Å². The molecule has 0 radical (unpaired) electrons. The van der Waals surface area contributed by atoms with Gasteiger partial charge >= 0.3 is 0 Å². The monoisotopic (exact) mass is 403 g/mol. The number of ketones is 1. The minimum atomic E-state index is -0.0187. The van der Waals surface area contributed by atoms with Crippen molar-refractivity contribution in [2.24, 2.45) is 0 Å². The molecule has 2 heterocycles. The highest BCUT2D eigenvalue weighted by Gasteiger charge is 2.13. The Balaban J connectivity index is 1.77. The SMILES string of the molecule is O=C(COCCc1ccccn1)c1cc(Br)sc1Br. The largest absolute Gasteiger partial charge is 0.373 e. The van der Waals surface area contributed by atoms with Gasteiger partial charge in [0, 0.05) is 23.9 Å². The zero-order chi connectivity index (χ0) is 13.7. The lowest BCUT2D eigenvalue weighted by Gasteiger charge is -2.03. The van der Waals surface area contributed by atoms with E-state index in [4.69, 9.17) is 4.74 Å². The van der Waals surface area contributed by atoms with Crippen LogP contribution in [0.1, 0.15) is 16.1 Å². The number of rotatable bonds is 6. The van der Waals surface area contributed by atoms with Crippen LogP contribution in [-0.2, 0) is 11.2 Å². The molecule has 0 atom stereocenters. The van der Waals surface area contributed by atoms with E-state index < -0.39 is 0 Å². The molecule has 0 unspecified atom stereocenters. The van der Waals surface area contributed by atoms with E-state index in [2.05, 4.69) is 36.8 Å². The summed E-state index contributed by atoms with van der Waals surface area (Å²) >= 11 is 8.20. The Hall–Kier alpha value is -0.560. The van der Waals surface area contributed by atoms with Gasteiger partial charge in [-0.05, 0) is 50.1 Å². The molecule has 0 aromatic carbocycles. The van der Waals surface area contributed by atoms with Gasteiger partial charge in [0.2, 0.25) is 0 Å². The van der Waals surface area contributed by atoms with Crippen LogP contribution in [0.4, 0.5) is 0 Å². The number of pyridine rings is 1. The summed E-state index contributed by atoms with van der Waals surface area (Å²) in [6.45, 7) is 0.584. The lowest BCUT2D eigenvalue weighted by molar-refractivity contribution is 0.0764. The third-order valence-corrected chi connectivity index (χ3v) is 4.76. The lowest BCUT2D eigenvalue weighted by Crippen LogP contribution is -2.10. The minimum absolute atomic E-state index is 0.0187. The fourth-order valence-electron chi connectivity index (χ4n) is 1.50. The Morgan fingerprint density at radius 2 is 2.21 bits per heavy atom. The van der Waals surface area contributed by atoms with Gasteiger partial charge in [0.05, 0.1) is 14.2 Å². The van der Waals surface area contributed by atoms with Gasteiger partial charge in [0.15, 0.2) is 5.78 Å². The van der Waals surface area contributed by atoms with Gasteiger partial charge in [-0.2, -0.15) is 0 Å². The van der Waals surface area contributed by atoms with Crippen LogP contribution in [0, 0.1) is 0 Å². The molecule has 19 heavy (non-hydrogen) atoms. The number of carbonyl (C=O) groups excluding carboxylic acids is 1. The lowest BCUT2D eigenvalue weighted by atomic mass is 10.2. The number of Topliss-reactive ketones (excluding diaryl/α,β-unsaturated/α-hetero) is 1. The highest BCUT2D eigenvalue weighted by Crippen LogP contribution is 2.32. The van der Waals surface area contributed by atoms with Gasteiger partial charge < -0.3 is 4.74 Å². The highest BCUT2D eigenvalue weighted by atomic mass is 79.9. The first-order valence-electron chi connectivity index (χ1n) is 5.62. The third kappa shape index (κ3) is 4.49. The molecule has 0 amide bonds. The first-order valence-corrected chi connectivity index (χ1v) is 8.03. The van der Waals surface area contributed by atoms with Gasteiger partial charge in [0.1, 0.15) is 6.61 Å². The second-order valence-corrected chi connectivity index (χ2v) is 7.53. The van der Waals surface area contributed by atoms with E-state index >= 15 is 0 Å². The van der Waals surface area contributed by atoms with Crippen LogP contribution in [0.2, 0.25) is 0 Å². The van der Waals surface area contributed by atoms with Crippen LogP contribution >= 0.6 is 43.2 Å². The van der Waals surface area contributed by atoms with Gasteiger partial charge in [-0.15, -0.1) is 11.3 Å². The number of hydrogen-bond donors (Lipinski definition) is 0. The Morgan fingerprint density at radius 3 is 2.84 bits per heavy atom. The molecule has 0 aliphatic carbocycles. The molecule has 0 aliphatic rings. The molecule has 3 nitrogen and oxygen atoms in total. The molecule has 0 N–H and O–H groups in total. The van der Waals surface area contributed by atoms with Crippen molar-refractivity contribution >= 4 is 49.0 Å². The highest BCUT2D eigenvalue weighted by molar-refractivity contribution is 9.12. The Morgan fingerprint density at radius 1 is 1.37 bits per heavy atom. The zero-order valence-electron chi connectivity index (χ0n) is 9.94. The van der Waals surface area contributed by atoms with E-state index in [0.717, 1.165) is 13.3 Å². The fraction of sp³-hybridized carbons (Fsp3) is 0.231. The van der Waals surface area contributed by atoms with E-state index in [9.17, 15) is 4.79 Å². The van der Waals surface area contributed by atoms with Crippen molar-refractivity contribution in [3.8, 4) is 0 Å². The van der Waals surface area contributed by atoms with Crippen LogP contribution in [0.15, 0.2) is 38.0 Å². The standard InChI is InChI=1S/C13H11Br2NO2S/c14-12-7-10(13(15)19-12)11(17)8-18-6-4-9-3-1-2-5-16-9/h1-3,5,7H,4,6,8H2. The molecule has 2 rings (SSSR count). The van der Waals surface area contributed by atoms with Crippen LogP contribution < -0.4 is 0 Å². The number of thiophene rings is 1. The van der Waals surface area contributed by atoms with Crippen LogP contribution in [0.25, 0.3) is 0 Å². The molecule has 0 fully saturated rings. The molecule has 2 aromatic heterocycles. The van der Waals surface area contributed by atoms with Gasteiger partial charge in [-0.1, -0.05) is 6.07 Å². The molecule has 6 heteroatoms. The number of halogens is 2. The maximum absolute atomic E-state index is 11.9. The average Bonchev–Trinajstić information content (AvgIpc) is 2.75. The van der Waals surface area contributed by atoms with Gasteiger partial charge in [-0.3, -0.25) is 9.78 Å². The first-order chi connectivity index (χ1) is 9.16. The minimum Gasteiger partial charge on any atom is -0.373 e. The Labute approximate surface area is 132 Å². The Kier molecular flexibility index (Phi) is 5.69. The molecule has 0 saturated heterocycles. The predicted molar refractivity (Wildman–Crippen MR) is 82.8 cm³/mol. The summed E-state index contributed by atoms with van der Waals surface area (Å²) in [6.07, 6.45) is 2.46. The van der Waals surface area contributed by atoms with E-state index in [0.29, 0.717) is 18.6 Å². The first kappa shape index (κ1) is 14.8. The number of carbonyl (C=O) groups is 1. The average molecular weight is 405 g/mol. The summed E-state index contributed by atoms with van der Waals surface area (Å²) < 4.78 is 7.16. The van der Waals surface area contributed by atoms with Crippen LogP contribution in [-0.4, -0.2) is 24.0 Å². The summed E-state index contributed by atoms with van der Waals surface area (Å²) in [5.41, 5.74) is 1.63. The van der Waals surface area contributed by atoms with Gasteiger partial charge in [-0.25, -0.2) is 0 Å². The van der Waals surface area contributed by atoms with Crippen molar-refractivity contribution in [1.82, 2.24) is 4.98 Å². The van der Waals surface area contributed by atoms with E-state index in [1.165, 1.54) is 11.3 Å². The third-order valence-electron chi connectivity index (χ3n) is 2.42. The summed E-state index contributed by atoms with van der Waals surface area (Å²) in [5, 5.41) is 0. The molecular formula is C13H11Br2NO2S. The van der Waals surface area contributed by atoms with Crippen LogP contribution in [0.5, 0.6) is 0 Å². The summed E-state index contributed by atoms with van der Waals surface area (Å²) in [4.78, 5) is 16.1. The molecular weight excluding hydrogens is 394 g/mol. The topological polar surface area (TPSA) is 39.2 Å². The Bertz CT molecular complexity index is 557. The fourth-order valence-corrected chi connectivity index (χ4v) is 4.35. The quantitative estimate of drug-likeness (QED) is 0.537. The maximum Gasteiger partial charge on any atom is 0.190 e. The second-order valence-electron chi connectivity index (χ2n) is 3.78.